The van der Waals surface area contributed by atoms with Gasteiger partial charge in [0.1, 0.15) is 18.3 Å². The molecule has 1 fully saturated rings. The van der Waals surface area contributed by atoms with Crippen molar-refractivity contribution in [3.05, 3.63) is 0 Å². The van der Waals surface area contributed by atoms with Crippen LogP contribution >= 0.6 is 0 Å². The number of halogens is 1. The fraction of sp³-hybridized carbons (Fsp3) is 1.00. The molecule has 5 atom stereocenters. The summed E-state index contributed by atoms with van der Waals surface area (Å²) in [4.78, 5) is 0. The summed E-state index contributed by atoms with van der Waals surface area (Å²) in [6, 6.07) is -1.04. The number of hydrogen-bond donors (Lipinski definition) is 6. The van der Waals surface area contributed by atoms with E-state index in [4.69, 9.17) is 38.2 Å². The van der Waals surface area contributed by atoms with Gasteiger partial charge in [-0.2, -0.15) is 0 Å². The van der Waals surface area contributed by atoms with Gasteiger partial charge in [-0.1, -0.05) is 0 Å². The third kappa shape index (κ3) is 9.90. The Morgan fingerprint density at radius 3 is 1.89 bits per heavy atom. The summed E-state index contributed by atoms with van der Waals surface area (Å²) in [7, 11) is -4.92. The molecule has 0 spiro atoms. The summed E-state index contributed by atoms with van der Waals surface area (Å²) in [5.74, 6) is 0. The van der Waals surface area contributed by atoms with E-state index < -0.39 is 47.6 Å². The van der Waals surface area contributed by atoms with Gasteiger partial charge in [0.25, 0.3) is 0 Å². The molecule has 0 aromatic carbocycles. The van der Waals surface area contributed by atoms with Crippen LogP contribution in [0, 0.1) is 0 Å². The summed E-state index contributed by atoms with van der Waals surface area (Å²) in [5, 5.41) is 36.1. The van der Waals surface area contributed by atoms with Gasteiger partial charge in [-0.25, -0.2) is 8.42 Å². The van der Waals surface area contributed by atoms with Crippen molar-refractivity contribution in [2.75, 3.05) is 6.61 Å². The predicted molar refractivity (Wildman–Crippen MR) is 50.3 cm³/mol. The zero-order valence-corrected chi connectivity index (χ0v) is 12.0. The van der Waals surface area contributed by atoms with Gasteiger partial charge in [-0.15, -0.1) is 0 Å². The summed E-state index contributed by atoms with van der Waals surface area (Å²) in [6.45, 7) is -0.470. The second kappa shape index (κ2) is 10.2. The molecule has 1 heterocycles. The van der Waals surface area contributed by atoms with Crippen LogP contribution in [0.5, 0.6) is 0 Å². The Balaban J connectivity index is -0.000000320. The van der Waals surface area contributed by atoms with E-state index in [1.54, 1.807) is 0 Å². The monoisotopic (exact) mass is 366 g/mol. The third-order valence-corrected chi connectivity index (χ3v) is 1.95. The molecule has 117 valence electrons. The molecule has 0 aromatic rings. The predicted octanol–water partition coefficient (Wildman–Crippen LogP) is -7.25. The standard InChI is InChI=1S/C6H13NO5.ClH.Mn.H2O4S/c7-3-5(10)4(9)2(1-8)12-6(3)11;;;1-5(2,3)4/h2-6,8-11H,1,7H2;1H;;(H2,1,2,3,4)/q;;+2;/p-2/t2-,3-,4-,5-,6-;;;/m1.../s1. The van der Waals surface area contributed by atoms with Gasteiger partial charge in [0.2, 0.25) is 10.4 Å². The van der Waals surface area contributed by atoms with Crippen molar-refractivity contribution in [1.82, 2.24) is 0 Å². The number of ether oxygens (including phenoxy) is 1. The van der Waals surface area contributed by atoms with Crippen molar-refractivity contribution in [2.45, 2.75) is 30.6 Å². The van der Waals surface area contributed by atoms with Crippen LogP contribution in [0.4, 0.5) is 0 Å². The Kier molecular flexibility index (Phi) is 13.1. The van der Waals surface area contributed by atoms with Crippen LogP contribution in [0.15, 0.2) is 0 Å². The Hall–Kier alpha value is 0.439. The Bertz CT molecular complexity index is 318. The molecule has 19 heavy (non-hydrogen) atoms. The second-order valence-corrected chi connectivity index (χ2v) is 4.09. The van der Waals surface area contributed by atoms with Gasteiger partial charge >= 0.3 is 17.1 Å². The molecule has 1 radical (unpaired) electrons. The van der Waals surface area contributed by atoms with Crippen LogP contribution in [0.25, 0.3) is 0 Å². The minimum Gasteiger partial charge on any atom is -1.00 e. The topological polar surface area (TPSA) is 194 Å². The van der Waals surface area contributed by atoms with Gasteiger partial charge < -0.3 is 47.9 Å². The van der Waals surface area contributed by atoms with Crippen molar-refractivity contribution in [3.8, 4) is 0 Å². The number of aliphatic hydroxyl groups excluding tert-OH is 4. The van der Waals surface area contributed by atoms with Crippen molar-refractivity contribution >= 4 is 10.4 Å². The van der Waals surface area contributed by atoms with E-state index in [0.717, 1.165) is 0 Å². The van der Waals surface area contributed by atoms with Crippen molar-refractivity contribution in [2.24, 2.45) is 5.73 Å². The normalized spacial score (nSPS) is 34.2. The van der Waals surface area contributed by atoms with Crippen LogP contribution < -0.4 is 18.1 Å². The molecule has 0 bridgehead atoms. The quantitative estimate of drug-likeness (QED) is 0.147. The minimum absolute atomic E-state index is 0. The van der Waals surface area contributed by atoms with Gasteiger partial charge in [0.05, 0.1) is 12.6 Å². The SMILES string of the molecule is N[C@@H]1[C@@H](O)[C@H](O)[C@@H](CO)O[C@H]1O.O=S(=O)([O-])O.[Cl-].[Mn+2]. The molecule has 13 heteroatoms. The van der Waals surface area contributed by atoms with Crippen LogP contribution in [-0.4, -0.2) is 75.2 Å². The fourth-order valence-corrected chi connectivity index (χ4v) is 1.12. The van der Waals surface area contributed by atoms with E-state index in [0.29, 0.717) is 0 Å². The molecule has 0 saturated carbocycles. The van der Waals surface area contributed by atoms with Crippen molar-refractivity contribution < 1.29 is 72.2 Å². The van der Waals surface area contributed by atoms with Crippen LogP contribution in [-0.2, 0) is 32.2 Å². The van der Waals surface area contributed by atoms with Crippen LogP contribution in [0.2, 0.25) is 0 Å². The molecular formula is C6H14ClMnNO9S. The first-order valence-electron chi connectivity index (χ1n) is 4.32. The van der Waals surface area contributed by atoms with E-state index in [9.17, 15) is 10.2 Å². The largest absolute Gasteiger partial charge is 2.00 e. The van der Waals surface area contributed by atoms with E-state index in [1.165, 1.54) is 0 Å². The minimum atomic E-state index is -4.92. The van der Waals surface area contributed by atoms with Crippen LogP contribution in [0.3, 0.4) is 0 Å². The molecular weight excluding hydrogens is 353 g/mol. The molecule has 7 N–H and O–H groups in total. The van der Waals surface area contributed by atoms with Gasteiger partial charge in [0.15, 0.2) is 6.29 Å². The van der Waals surface area contributed by atoms with E-state index in [-0.39, 0.29) is 29.5 Å². The van der Waals surface area contributed by atoms with Gasteiger partial charge in [-0.3, -0.25) is 4.55 Å². The molecule has 0 amide bonds. The van der Waals surface area contributed by atoms with E-state index in [2.05, 4.69) is 0 Å². The zero-order chi connectivity index (χ0) is 13.8. The number of hydrogen-bond acceptors (Lipinski definition) is 9. The molecule has 1 rings (SSSR count). The van der Waals surface area contributed by atoms with E-state index in [1.807, 2.05) is 0 Å². The molecule has 0 aromatic heterocycles. The Morgan fingerprint density at radius 2 is 1.58 bits per heavy atom. The summed E-state index contributed by atoms with van der Waals surface area (Å²) < 4.78 is 37.5. The Labute approximate surface area is 126 Å². The molecule has 1 aliphatic rings. The van der Waals surface area contributed by atoms with Crippen molar-refractivity contribution in [1.29, 1.82) is 0 Å². The van der Waals surface area contributed by atoms with Gasteiger partial charge in [-0.05, 0) is 0 Å². The molecule has 10 nitrogen and oxygen atoms in total. The molecule has 0 aliphatic carbocycles. The molecule has 0 unspecified atom stereocenters. The molecule has 1 saturated heterocycles. The Morgan fingerprint density at radius 1 is 1.21 bits per heavy atom. The van der Waals surface area contributed by atoms with Crippen molar-refractivity contribution in [3.63, 3.8) is 0 Å². The summed E-state index contributed by atoms with van der Waals surface area (Å²) in [5.41, 5.74) is 5.26. The average Bonchev–Trinajstić information content (AvgIpc) is 2.18. The first kappa shape index (κ1) is 24.5. The maximum Gasteiger partial charge on any atom is 2.00 e. The van der Waals surface area contributed by atoms with Crippen LogP contribution in [0.1, 0.15) is 0 Å². The first-order valence-corrected chi connectivity index (χ1v) is 5.68. The number of aliphatic hydroxyl groups is 4. The molecule has 1 aliphatic heterocycles. The number of nitrogens with two attached hydrogens (primary N) is 1. The number of rotatable bonds is 1. The van der Waals surface area contributed by atoms with Gasteiger partial charge in [0, 0.05) is 0 Å². The third-order valence-electron chi connectivity index (χ3n) is 1.95. The summed E-state index contributed by atoms with van der Waals surface area (Å²) in [6.07, 6.45) is -4.85. The first-order chi connectivity index (χ1) is 7.57. The van der Waals surface area contributed by atoms with E-state index >= 15 is 0 Å². The zero-order valence-electron chi connectivity index (χ0n) is 9.20. The smallest absolute Gasteiger partial charge is 1.00 e. The second-order valence-electron chi connectivity index (χ2n) is 3.23. The maximum absolute atomic E-state index is 9.20. The summed E-state index contributed by atoms with van der Waals surface area (Å²) >= 11 is 0. The maximum atomic E-state index is 9.20. The average molecular weight is 367 g/mol. The fourth-order valence-electron chi connectivity index (χ4n) is 1.12.